The molecule has 2 aliphatic rings. The van der Waals surface area contributed by atoms with Crippen LogP contribution in [0.1, 0.15) is 50.2 Å². The van der Waals surface area contributed by atoms with Gasteiger partial charge in [-0.1, -0.05) is 13.0 Å². The quantitative estimate of drug-likeness (QED) is 0.774. The van der Waals surface area contributed by atoms with Crippen LogP contribution in [0.15, 0.2) is 18.2 Å². The summed E-state index contributed by atoms with van der Waals surface area (Å²) in [6, 6.07) is 7.19. The molecule has 0 unspecified atom stereocenters. The van der Waals surface area contributed by atoms with E-state index in [-0.39, 0.29) is 31.3 Å². The molecule has 0 radical (unpaired) electrons. The van der Waals surface area contributed by atoms with Crippen LogP contribution in [-0.4, -0.2) is 41.4 Å². The zero-order valence-corrected chi connectivity index (χ0v) is 17.3. The maximum atomic E-state index is 13.1. The molecule has 1 aromatic carbocycles. The molecular weight excluding hydrogens is 368 g/mol. The molecule has 7 heteroatoms. The van der Waals surface area contributed by atoms with E-state index in [1.54, 1.807) is 0 Å². The third-order valence-corrected chi connectivity index (χ3v) is 6.22. The van der Waals surface area contributed by atoms with Crippen LogP contribution in [0.2, 0.25) is 0 Å². The third-order valence-electron chi connectivity index (χ3n) is 6.22. The Bertz CT molecular complexity index is 865. The first kappa shape index (κ1) is 20.8. The summed E-state index contributed by atoms with van der Waals surface area (Å²) >= 11 is 0. The standard InChI is InChI=1S/C22H28N4O3/c1-15-7-9-22(10-8-15)20(28)26(21(29)24-22)14-19(27)25(12-4-11-23)18-6-5-16(2)17(3)13-18/h5-6,13,15H,4,7-10,12,14H2,1-3H3,(H,24,29). The predicted octanol–water partition coefficient (Wildman–Crippen LogP) is 3.05. The maximum Gasteiger partial charge on any atom is 0.325 e. The summed E-state index contributed by atoms with van der Waals surface area (Å²) in [5, 5.41) is 11.8. The fourth-order valence-corrected chi connectivity index (χ4v) is 4.09. The van der Waals surface area contributed by atoms with Crippen molar-refractivity contribution in [2.24, 2.45) is 5.92 Å². The zero-order valence-electron chi connectivity index (χ0n) is 17.3. The van der Waals surface area contributed by atoms with Gasteiger partial charge in [-0.05, 0) is 68.7 Å². The van der Waals surface area contributed by atoms with Gasteiger partial charge in [0.05, 0.1) is 12.5 Å². The first-order valence-electron chi connectivity index (χ1n) is 10.2. The SMILES string of the molecule is Cc1ccc(N(CCC#N)C(=O)CN2C(=O)NC3(CCC(C)CC3)C2=O)cc1C. The number of anilines is 1. The molecule has 29 heavy (non-hydrogen) atoms. The highest BCUT2D eigenvalue weighted by atomic mass is 16.2. The van der Waals surface area contributed by atoms with E-state index in [1.807, 2.05) is 32.0 Å². The van der Waals surface area contributed by atoms with Gasteiger partial charge in [0.1, 0.15) is 12.1 Å². The lowest BCUT2D eigenvalue weighted by Crippen LogP contribution is -2.50. The molecule has 1 saturated carbocycles. The molecule has 1 heterocycles. The number of rotatable bonds is 5. The third kappa shape index (κ3) is 4.12. The second-order valence-corrected chi connectivity index (χ2v) is 8.31. The van der Waals surface area contributed by atoms with E-state index in [1.165, 1.54) is 4.90 Å². The van der Waals surface area contributed by atoms with Gasteiger partial charge in [0.25, 0.3) is 5.91 Å². The maximum absolute atomic E-state index is 13.1. The molecule has 1 aromatic rings. The van der Waals surface area contributed by atoms with Gasteiger partial charge in [-0.15, -0.1) is 0 Å². The molecule has 0 aromatic heterocycles. The summed E-state index contributed by atoms with van der Waals surface area (Å²) in [4.78, 5) is 41.1. The van der Waals surface area contributed by atoms with E-state index in [9.17, 15) is 14.4 Å². The van der Waals surface area contributed by atoms with Crippen molar-refractivity contribution in [3.05, 3.63) is 29.3 Å². The number of hydrogen-bond acceptors (Lipinski definition) is 4. The number of benzene rings is 1. The molecule has 0 bridgehead atoms. The molecule has 1 saturated heterocycles. The second-order valence-electron chi connectivity index (χ2n) is 8.31. The van der Waals surface area contributed by atoms with Gasteiger partial charge in [-0.2, -0.15) is 5.26 Å². The highest BCUT2D eigenvalue weighted by molar-refractivity contribution is 6.10. The molecule has 1 spiro atoms. The van der Waals surface area contributed by atoms with E-state index >= 15 is 0 Å². The van der Waals surface area contributed by atoms with Crippen molar-refractivity contribution in [3.63, 3.8) is 0 Å². The fourth-order valence-electron chi connectivity index (χ4n) is 4.09. The lowest BCUT2D eigenvalue weighted by Gasteiger charge is -2.33. The Morgan fingerprint density at radius 2 is 1.97 bits per heavy atom. The van der Waals surface area contributed by atoms with E-state index < -0.39 is 11.6 Å². The Kier molecular flexibility index (Phi) is 5.92. The number of nitrogens with one attached hydrogen (secondary N) is 1. The number of imide groups is 1. The zero-order chi connectivity index (χ0) is 21.2. The Morgan fingerprint density at radius 1 is 1.28 bits per heavy atom. The largest absolute Gasteiger partial charge is 0.325 e. The van der Waals surface area contributed by atoms with Crippen LogP contribution >= 0.6 is 0 Å². The van der Waals surface area contributed by atoms with Crippen molar-refractivity contribution < 1.29 is 14.4 Å². The smallest absolute Gasteiger partial charge is 0.323 e. The minimum atomic E-state index is -0.859. The molecule has 1 aliphatic carbocycles. The van der Waals surface area contributed by atoms with Crippen molar-refractivity contribution in [3.8, 4) is 6.07 Å². The fraction of sp³-hybridized carbons (Fsp3) is 0.545. The summed E-state index contributed by atoms with van der Waals surface area (Å²) in [6.07, 6.45) is 3.15. The topological polar surface area (TPSA) is 93.5 Å². The number of carbonyl (C=O) groups is 3. The van der Waals surface area contributed by atoms with Gasteiger partial charge in [-0.3, -0.25) is 14.5 Å². The number of nitriles is 1. The number of aryl methyl sites for hydroxylation is 2. The molecule has 154 valence electrons. The van der Waals surface area contributed by atoms with Crippen LogP contribution in [0.25, 0.3) is 0 Å². The molecule has 0 atom stereocenters. The van der Waals surface area contributed by atoms with E-state index in [0.717, 1.165) is 28.9 Å². The number of amides is 4. The number of urea groups is 1. The van der Waals surface area contributed by atoms with E-state index in [2.05, 4.69) is 18.3 Å². The lowest BCUT2D eigenvalue weighted by molar-refractivity contribution is -0.135. The van der Waals surface area contributed by atoms with Crippen molar-refractivity contribution >= 4 is 23.5 Å². The van der Waals surface area contributed by atoms with Crippen molar-refractivity contribution in [2.45, 2.75) is 58.4 Å². The van der Waals surface area contributed by atoms with Crippen molar-refractivity contribution in [2.75, 3.05) is 18.0 Å². The second kappa shape index (κ2) is 8.24. The van der Waals surface area contributed by atoms with Gasteiger partial charge in [0.15, 0.2) is 0 Å². The van der Waals surface area contributed by atoms with Crippen LogP contribution < -0.4 is 10.2 Å². The van der Waals surface area contributed by atoms with Crippen LogP contribution in [0.3, 0.4) is 0 Å². The van der Waals surface area contributed by atoms with Gasteiger partial charge in [-0.25, -0.2) is 4.79 Å². The van der Waals surface area contributed by atoms with Gasteiger partial charge in [0.2, 0.25) is 5.91 Å². The average Bonchev–Trinajstić information content (AvgIpc) is 2.91. The summed E-state index contributed by atoms with van der Waals surface area (Å²) in [7, 11) is 0. The summed E-state index contributed by atoms with van der Waals surface area (Å²) in [6.45, 7) is 5.98. The molecular formula is C22H28N4O3. The lowest BCUT2D eigenvalue weighted by atomic mass is 9.77. The number of hydrogen-bond donors (Lipinski definition) is 1. The first-order valence-corrected chi connectivity index (χ1v) is 10.2. The molecule has 1 N–H and O–H groups in total. The number of nitrogens with zero attached hydrogens (tertiary/aromatic N) is 3. The van der Waals surface area contributed by atoms with Crippen LogP contribution in [0.4, 0.5) is 10.5 Å². The Hall–Kier alpha value is -2.88. The minimum Gasteiger partial charge on any atom is -0.323 e. The Labute approximate surface area is 171 Å². The summed E-state index contributed by atoms with van der Waals surface area (Å²) in [5.41, 5.74) is 1.94. The highest BCUT2D eigenvalue weighted by Gasteiger charge is 2.52. The molecule has 1 aliphatic heterocycles. The Balaban J connectivity index is 1.78. The van der Waals surface area contributed by atoms with Crippen molar-refractivity contribution in [1.29, 1.82) is 5.26 Å². The van der Waals surface area contributed by atoms with Gasteiger partial charge >= 0.3 is 6.03 Å². The predicted molar refractivity (Wildman–Crippen MR) is 109 cm³/mol. The summed E-state index contributed by atoms with van der Waals surface area (Å²) < 4.78 is 0. The molecule has 2 fully saturated rings. The highest BCUT2D eigenvalue weighted by Crippen LogP contribution is 2.36. The van der Waals surface area contributed by atoms with Crippen LogP contribution in [0, 0.1) is 31.1 Å². The Morgan fingerprint density at radius 3 is 2.59 bits per heavy atom. The van der Waals surface area contributed by atoms with Gasteiger partial charge < -0.3 is 10.2 Å². The van der Waals surface area contributed by atoms with Gasteiger partial charge in [0, 0.05) is 12.2 Å². The summed E-state index contributed by atoms with van der Waals surface area (Å²) in [5.74, 6) is -0.136. The van der Waals surface area contributed by atoms with Crippen molar-refractivity contribution in [1.82, 2.24) is 10.2 Å². The monoisotopic (exact) mass is 396 g/mol. The molecule has 7 nitrogen and oxygen atoms in total. The van der Waals surface area contributed by atoms with E-state index in [0.29, 0.717) is 24.4 Å². The average molecular weight is 396 g/mol. The van der Waals surface area contributed by atoms with Crippen LogP contribution in [-0.2, 0) is 9.59 Å². The van der Waals surface area contributed by atoms with Crippen LogP contribution in [0.5, 0.6) is 0 Å². The number of carbonyl (C=O) groups excluding carboxylic acids is 3. The minimum absolute atomic E-state index is 0.167. The first-order chi connectivity index (χ1) is 13.8. The normalized spacial score (nSPS) is 23.8. The molecule has 3 rings (SSSR count). The van der Waals surface area contributed by atoms with E-state index in [4.69, 9.17) is 5.26 Å². The molecule has 4 amide bonds.